The molecule has 1 aromatic carbocycles. The molecule has 0 saturated heterocycles. The molecule has 1 aliphatic heterocycles. The number of anilines is 1. The summed E-state index contributed by atoms with van der Waals surface area (Å²) < 4.78 is 11.0. The summed E-state index contributed by atoms with van der Waals surface area (Å²) in [4.78, 5) is 4.41. The van der Waals surface area contributed by atoms with Gasteiger partial charge in [-0.3, -0.25) is 0 Å². The molecule has 7 heteroatoms. The van der Waals surface area contributed by atoms with Crippen LogP contribution < -0.4 is 15.5 Å². The summed E-state index contributed by atoms with van der Waals surface area (Å²) in [5.74, 6) is 0. The standard InChI is InChI=1S/C25H38N4O2S/c1-5-30-24(31-6-2)20-27-25(32)26-16-7-17-29-18-14-22(15-19-29)9-8-21-10-12-23(13-11-21)28(3)4/h8-15,18,24H,5-7,16-17,19-20H2,1-4H3,(H2,26,27,32). The van der Waals surface area contributed by atoms with Gasteiger partial charge in [-0.1, -0.05) is 30.4 Å². The molecule has 0 radical (unpaired) electrons. The van der Waals surface area contributed by atoms with Gasteiger partial charge in [0.1, 0.15) is 0 Å². The largest absolute Gasteiger partial charge is 0.378 e. The van der Waals surface area contributed by atoms with Crippen LogP contribution in [0.4, 0.5) is 5.69 Å². The summed E-state index contributed by atoms with van der Waals surface area (Å²) in [5, 5.41) is 7.04. The van der Waals surface area contributed by atoms with Crippen LogP contribution in [-0.4, -0.2) is 69.8 Å². The summed E-state index contributed by atoms with van der Waals surface area (Å²) in [6.45, 7) is 8.41. The minimum absolute atomic E-state index is 0.268. The molecule has 6 nitrogen and oxygen atoms in total. The minimum Gasteiger partial charge on any atom is -0.378 e. The highest BCUT2D eigenvalue weighted by Gasteiger charge is 2.08. The van der Waals surface area contributed by atoms with E-state index in [0.29, 0.717) is 24.9 Å². The van der Waals surface area contributed by atoms with E-state index in [2.05, 4.69) is 89.3 Å². The van der Waals surface area contributed by atoms with Gasteiger partial charge in [-0.2, -0.15) is 0 Å². The fourth-order valence-corrected chi connectivity index (χ4v) is 3.35. The summed E-state index contributed by atoms with van der Waals surface area (Å²) in [6, 6.07) is 8.56. The lowest BCUT2D eigenvalue weighted by atomic mass is 10.1. The maximum atomic E-state index is 5.50. The molecule has 176 valence electrons. The van der Waals surface area contributed by atoms with Crippen LogP contribution in [0.25, 0.3) is 6.08 Å². The van der Waals surface area contributed by atoms with Crippen LogP contribution >= 0.6 is 12.2 Å². The molecular formula is C25H38N4O2S. The Bertz CT molecular complexity index is 769. The molecule has 0 aliphatic carbocycles. The average Bonchev–Trinajstić information content (AvgIpc) is 2.80. The van der Waals surface area contributed by atoms with Gasteiger partial charge in [0, 0.05) is 52.6 Å². The molecule has 0 unspecified atom stereocenters. The predicted octanol–water partition coefficient (Wildman–Crippen LogP) is 3.77. The van der Waals surface area contributed by atoms with Crippen molar-refractivity contribution in [2.24, 2.45) is 0 Å². The third-order valence-corrected chi connectivity index (χ3v) is 5.25. The van der Waals surface area contributed by atoms with E-state index in [4.69, 9.17) is 21.7 Å². The molecule has 0 fully saturated rings. The number of allylic oxidation sites excluding steroid dienone is 3. The third-order valence-electron chi connectivity index (χ3n) is 4.96. The van der Waals surface area contributed by atoms with Crippen molar-refractivity contribution in [3.05, 3.63) is 59.8 Å². The number of hydrogen-bond acceptors (Lipinski definition) is 5. The molecule has 1 heterocycles. The molecule has 0 bridgehead atoms. The highest BCUT2D eigenvalue weighted by atomic mass is 32.1. The first-order valence-corrected chi connectivity index (χ1v) is 11.8. The lowest BCUT2D eigenvalue weighted by Gasteiger charge is -2.22. The second-order valence-corrected chi connectivity index (χ2v) is 8.07. The van der Waals surface area contributed by atoms with Crippen LogP contribution in [0.3, 0.4) is 0 Å². The molecule has 0 amide bonds. The van der Waals surface area contributed by atoms with Gasteiger partial charge in [-0.25, -0.2) is 0 Å². The van der Waals surface area contributed by atoms with Crippen molar-refractivity contribution in [3.8, 4) is 0 Å². The topological polar surface area (TPSA) is 49.0 Å². The Hall–Kier alpha value is -2.35. The molecular weight excluding hydrogens is 420 g/mol. The van der Waals surface area contributed by atoms with Crippen molar-refractivity contribution in [2.75, 3.05) is 58.4 Å². The van der Waals surface area contributed by atoms with Crippen molar-refractivity contribution in [2.45, 2.75) is 26.6 Å². The zero-order valence-corrected chi connectivity index (χ0v) is 20.7. The lowest BCUT2D eigenvalue weighted by Crippen LogP contribution is -2.41. The maximum Gasteiger partial charge on any atom is 0.174 e. The quantitative estimate of drug-likeness (QED) is 0.265. The minimum atomic E-state index is -0.268. The van der Waals surface area contributed by atoms with E-state index >= 15 is 0 Å². The third kappa shape index (κ3) is 9.85. The number of hydrogen-bond donors (Lipinski definition) is 2. The Kier molecular flexibility index (Phi) is 11.9. The van der Waals surface area contributed by atoms with E-state index in [-0.39, 0.29) is 6.29 Å². The second-order valence-electron chi connectivity index (χ2n) is 7.66. The summed E-state index contributed by atoms with van der Waals surface area (Å²) in [6.07, 6.45) is 11.6. The SMILES string of the molecule is CCOC(CNC(=S)NCCCN1C=CC(C=Cc2ccc(N(C)C)cc2)=CC1)OCC. The fraction of sp³-hybridized carbons (Fsp3) is 0.480. The van der Waals surface area contributed by atoms with Crippen LogP contribution in [0, 0.1) is 0 Å². The Labute approximate surface area is 198 Å². The molecule has 32 heavy (non-hydrogen) atoms. The summed E-state index contributed by atoms with van der Waals surface area (Å²) in [5.41, 5.74) is 3.65. The number of ether oxygens (including phenoxy) is 2. The average molecular weight is 459 g/mol. The van der Waals surface area contributed by atoms with Gasteiger partial charge in [0.25, 0.3) is 0 Å². The van der Waals surface area contributed by atoms with Crippen molar-refractivity contribution in [1.29, 1.82) is 0 Å². The van der Waals surface area contributed by atoms with Gasteiger partial charge in [0.05, 0.1) is 6.54 Å². The van der Waals surface area contributed by atoms with Crippen molar-refractivity contribution in [3.63, 3.8) is 0 Å². The van der Waals surface area contributed by atoms with Gasteiger partial charge >= 0.3 is 0 Å². The maximum absolute atomic E-state index is 5.50. The van der Waals surface area contributed by atoms with Gasteiger partial charge in [-0.15, -0.1) is 0 Å². The number of rotatable bonds is 13. The number of thiocarbonyl (C=S) groups is 1. The van der Waals surface area contributed by atoms with Gasteiger partial charge < -0.3 is 29.9 Å². The van der Waals surface area contributed by atoms with E-state index in [1.807, 2.05) is 13.8 Å². The van der Waals surface area contributed by atoms with Crippen LogP contribution in [0.2, 0.25) is 0 Å². The zero-order chi connectivity index (χ0) is 23.2. The Morgan fingerprint density at radius 1 is 1.12 bits per heavy atom. The molecule has 1 aromatic rings. The van der Waals surface area contributed by atoms with E-state index in [1.165, 1.54) is 16.8 Å². The van der Waals surface area contributed by atoms with E-state index in [9.17, 15) is 0 Å². The molecule has 2 rings (SSSR count). The number of nitrogens with one attached hydrogen (secondary N) is 2. The van der Waals surface area contributed by atoms with Gasteiger partial charge in [0.2, 0.25) is 0 Å². The molecule has 0 saturated carbocycles. The molecule has 0 spiro atoms. The molecule has 2 N–H and O–H groups in total. The first-order chi connectivity index (χ1) is 15.5. The predicted molar refractivity (Wildman–Crippen MR) is 139 cm³/mol. The van der Waals surface area contributed by atoms with E-state index < -0.39 is 0 Å². The van der Waals surface area contributed by atoms with Crippen LogP contribution in [0.15, 0.2) is 54.3 Å². The monoisotopic (exact) mass is 458 g/mol. The van der Waals surface area contributed by atoms with Crippen molar-refractivity contribution < 1.29 is 9.47 Å². The van der Waals surface area contributed by atoms with E-state index in [1.54, 1.807) is 0 Å². The van der Waals surface area contributed by atoms with Gasteiger partial charge in [0.15, 0.2) is 11.4 Å². The highest BCUT2D eigenvalue weighted by Crippen LogP contribution is 2.15. The van der Waals surface area contributed by atoms with Crippen molar-refractivity contribution >= 4 is 29.1 Å². The molecule has 1 aliphatic rings. The smallest absolute Gasteiger partial charge is 0.174 e. The Morgan fingerprint density at radius 2 is 1.84 bits per heavy atom. The van der Waals surface area contributed by atoms with Crippen LogP contribution in [-0.2, 0) is 9.47 Å². The summed E-state index contributed by atoms with van der Waals surface area (Å²) in [7, 11) is 4.11. The Morgan fingerprint density at radius 3 is 2.44 bits per heavy atom. The zero-order valence-electron chi connectivity index (χ0n) is 19.8. The number of benzene rings is 1. The first kappa shape index (κ1) is 25.9. The normalized spacial score (nSPS) is 13.5. The lowest BCUT2D eigenvalue weighted by molar-refractivity contribution is -0.131. The van der Waals surface area contributed by atoms with Gasteiger partial charge in [-0.05, 0) is 68.0 Å². The fourth-order valence-electron chi connectivity index (χ4n) is 3.17. The Balaban J connectivity index is 1.62. The van der Waals surface area contributed by atoms with E-state index in [0.717, 1.165) is 26.1 Å². The van der Waals surface area contributed by atoms with Crippen molar-refractivity contribution in [1.82, 2.24) is 15.5 Å². The van der Waals surface area contributed by atoms with Crippen LogP contribution in [0.1, 0.15) is 25.8 Å². The molecule has 0 aromatic heterocycles. The molecule has 0 atom stereocenters. The first-order valence-electron chi connectivity index (χ1n) is 11.3. The highest BCUT2D eigenvalue weighted by molar-refractivity contribution is 7.80. The number of nitrogens with zero attached hydrogens (tertiary/aromatic N) is 2. The summed E-state index contributed by atoms with van der Waals surface area (Å²) >= 11 is 5.33. The second kappa shape index (κ2) is 14.7. The van der Waals surface area contributed by atoms with Crippen LogP contribution in [0.5, 0.6) is 0 Å².